The van der Waals surface area contributed by atoms with Gasteiger partial charge in [0.2, 0.25) is 5.91 Å². The SMILES string of the molecule is CC(=O)NC[C@]1(O)CCN(C(=O)c2cc(C)on2)C[C@H]1O. The molecular weight excluding hydrogens is 278 g/mol. The smallest absolute Gasteiger partial charge is 0.276 e. The molecule has 3 N–H and O–H groups in total. The van der Waals surface area contributed by atoms with E-state index >= 15 is 0 Å². The molecule has 2 amide bonds. The number of β-amino-alcohol motifs (C(OH)–C–C–N with tert-alkyl or cyclic N) is 1. The van der Waals surface area contributed by atoms with Crippen LogP contribution in [0.1, 0.15) is 29.6 Å². The molecular formula is C13H19N3O5. The molecule has 2 heterocycles. The summed E-state index contributed by atoms with van der Waals surface area (Å²) in [6, 6.07) is 1.52. The second-order valence-electron chi connectivity index (χ2n) is 5.35. The van der Waals surface area contributed by atoms with E-state index in [1.807, 2.05) is 0 Å². The number of likely N-dealkylation sites (tertiary alicyclic amines) is 1. The minimum absolute atomic E-state index is 0.0270. The van der Waals surface area contributed by atoms with Gasteiger partial charge in [0.05, 0.1) is 0 Å². The van der Waals surface area contributed by atoms with Crippen molar-refractivity contribution in [3.8, 4) is 0 Å². The summed E-state index contributed by atoms with van der Waals surface area (Å²) in [6.07, 6.45) is -0.980. The molecule has 1 aliphatic rings. The third kappa shape index (κ3) is 3.40. The zero-order valence-corrected chi connectivity index (χ0v) is 12.0. The highest BCUT2D eigenvalue weighted by Gasteiger charge is 2.42. The summed E-state index contributed by atoms with van der Waals surface area (Å²) in [7, 11) is 0. The van der Waals surface area contributed by atoms with Crippen LogP contribution in [-0.2, 0) is 4.79 Å². The lowest BCUT2D eigenvalue weighted by molar-refractivity contribution is -0.127. The van der Waals surface area contributed by atoms with Crippen molar-refractivity contribution in [2.75, 3.05) is 19.6 Å². The first-order valence-electron chi connectivity index (χ1n) is 6.69. The molecule has 1 aliphatic heterocycles. The average Bonchev–Trinajstić information content (AvgIpc) is 2.86. The molecule has 8 heteroatoms. The summed E-state index contributed by atoms with van der Waals surface area (Å²) in [4.78, 5) is 24.5. The maximum absolute atomic E-state index is 12.2. The minimum Gasteiger partial charge on any atom is -0.388 e. The van der Waals surface area contributed by atoms with Crippen LogP contribution in [0.3, 0.4) is 0 Å². The molecule has 0 aromatic carbocycles. The highest BCUT2D eigenvalue weighted by atomic mass is 16.5. The Morgan fingerprint density at radius 1 is 1.62 bits per heavy atom. The number of aliphatic hydroxyl groups is 2. The lowest BCUT2D eigenvalue weighted by Gasteiger charge is -2.41. The lowest BCUT2D eigenvalue weighted by atomic mass is 9.88. The number of nitrogens with zero attached hydrogens (tertiary/aromatic N) is 2. The molecule has 0 aliphatic carbocycles. The van der Waals surface area contributed by atoms with Gasteiger partial charge in [-0.1, -0.05) is 5.16 Å². The third-order valence-corrected chi connectivity index (χ3v) is 3.61. The Labute approximate surface area is 121 Å². The molecule has 1 fully saturated rings. The van der Waals surface area contributed by atoms with Crippen LogP contribution in [0.5, 0.6) is 0 Å². The number of piperidine rings is 1. The van der Waals surface area contributed by atoms with E-state index in [9.17, 15) is 19.8 Å². The summed E-state index contributed by atoms with van der Waals surface area (Å²) < 4.78 is 4.85. The van der Waals surface area contributed by atoms with Crippen molar-refractivity contribution in [2.45, 2.75) is 32.0 Å². The molecule has 116 valence electrons. The molecule has 1 saturated heterocycles. The second kappa shape index (κ2) is 5.82. The van der Waals surface area contributed by atoms with Gasteiger partial charge in [-0.2, -0.15) is 0 Å². The fourth-order valence-electron chi connectivity index (χ4n) is 2.26. The zero-order chi connectivity index (χ0) is 15.6. The molecule has 1 aromatic heterocycles. The van der Waals surface area contributed by atoms with Crippen LogP contribution >= 0.6 is 0 Å². The van der Waals surface area contributed by atoms with E-state index in [-0.39, 0.29) is 43.6 Å². The predicted molar refractivity (Wildman–Crippen MR) is 71.4 cm³/mol. The molecule has 0 spiro atoms. The Hall–Kier alpha value is -1.93. The minimum atomic E-state index is -1.43. The number of aliphatic hydroxyl groups excluding tert-OH is 1. The molecule has 21 heavy (non-hydrogen) atoms. The molecule has 1 aromatic rings. The standard InChI is InChI=1S/C13H19N3O5/c1-8-5-10(15-21-8)12(19)16-4-3-13(20,11(18)6-16)7-14-9(2)17/h5,11,18,20H,3-4,6-7H2,1-2H3,(H,14,17)/t11-,13-/m1/s1. The summed E-state index contributed by atoms with van der Waals surface area (Å²) in [5.74, 6) is -0.113. The van der Waals surface area contributed by atoms with Gasteiger partial charge in [-0.15, -0.1) is 0 Å². The van der Waals surface area contributed by atoms with Gasteiger partial charge in [-0.25, -0.2) is 0 Å². The third-order valence-electron chi connectivity index (χ3n) is 3.61. The quantitative estimate of drug-likeness (QED) is 0.663. The fourth-order valence-corrected chi connectivity index (χ4v) is 2.26. The van der Waals surface area contributed by atoms with Gasteiger partial charge in [0.15, 0.2) is 5.69 Å². The Kier molecular flexibility index (Phi) is 4.29. The molecule has 0 unspecified atom stereocenters. The number of amides is 2. The summed E-state index contributed by atoms with van der Waals surface area (Å²) >= 11 is 0. The number of carbonyl (C=O) groups is 2. The van der Waals surface area contributed by atoms with Crippen molar-refractivity contribution in [2.24, 2.45) is 0 Å². The predicted octanol–water partition coefficient (Wildman–Crippen LogP) is -0.943. The first-order chi connectivity index (χ1) is 9.82. The van der Waals surface area contributed by atoms with Crippen LogP contribution < -0.4 is 5.32 Å². The molecule has 0 bridgehead atoms. The highest BCUT2D eigenvalue weighted by molar-refractivity contribution is 5.92. The van der Waals surface area contributed by atoms with Gasteiger partial charge in [-0.05, 0) is 13.3 Å². The zero-order valence-electron chi connectivity index (χ0n) is 12.0. The lowest BCUT2D eigenvalue weighted by Crippen LogP contribution is -2.61. The van der Waals surface area contributed by atoms with E-state index in [0.717, 1.165) is 0 Å². The number of hydrogen-bond acceptors (Lipinski definition) is 6. The van der Waals surface area contributed by atoms with E-state index < -0.39 is 11.7 Å². The van der Waals surface area contributed by atoms with Gasteiger partial charge in [0.25, 0.3) is 5.91 Å². The van der Waals surface area contributed by atoms with Gasteiger partial charge >= 0.3 is 0 Å². The van der Waals surface area contributed by atoms with Gasteiger partial charge in [0, 0.05) is 32.6 Å². The number of carbonyl (C=O) groups excluding carboxylic acids is 2. The summed E-state index contributed by atoms with van der Waals surface area (Å²) in [5, 5.41) is 26.5. The van der Waals surface area contributed by atoms with Crippen molar-refractivity contribution in [1.82, 2.24) is 15.4 Å². The average molecular weight is 297 g/mol. The van der Waals surface area contributed by atoms with E-state index in [1.165, 1.54) is 17.9 Å². The monoisotopic (exact) mass is 297 g/mol. The maximum Gasteiger partial charge on any atom is 0.276 e. The number of hydrogen-bond donors (Lipinski definition) is 3. The van der Waals surface area contributed by atoms with Crippen LogP contribution in [0.4, 0.5) is 0 Å². The molecule has 2 rings (SSSR count). The number of nitrogens with one attached hydrogen (secondary N) is 1. The fraction of sp³-hybridized carbons (Fsp3) is 0.615. The topological polar surface area (TPSA) is 116 Å². The Bertz CT molecular complexity index is 544. The normalized spacial score (nSPS) is 25.7. The summed E-state index contributed by atoms with van der Waals surface area (Å²) in [6.45, 7) is 3.20. The van der Waals surface area contributed by atoms with E-state index in [0.29, 0.717) is 5.76 Å². The molecule has 0 saturated carbocycles. The van der Waals surface area contributed by atoms with Gasteiger partial charge in [-0.3, -0.25) is 9.59 Å². The van der Waals surface area contributed by atoms with Crippen molar-refractivity contribution in [3.63, 3.8) is 0 Å². The Balaban J connectivity index is 2.00. The van der Waals surface area contributed by atoms with E-state index in [4.69, 9.17) is 4.52 Å². The van der Waals surface area contributed by atoms with Crippen molar-refractivity contribution in [3.05, 3.63) is 17.5 Å². The van der Waals surface area contributed by atoms with E-state index in [1.54, 1.807) is 6.92 Å². The van der Waals surface area contributed by atoms with E-state index in [2.05, 4.69) is 10.5 Å². The van der Waals surface area contributed by atoms with Crippen molar-refractivity contribution in [1.29, 1.82) is 0 Å². The Morgan fingerprint density at radius 2 is 2.33 bits per heavy atom. The number of aromatic nitrogens is 1. The molecule has 2 atom stereocenters. The first-order valence-corrected chi connectivity index (χ1v) is 6.69. The van der Waals surface area contributed by atoms with Crippen LogP contribution in [0, 0.1) is 6.92 Å². The largest absolute Gasteiger partial charge is 0.388 e. The second-order valence-corrected chi connectivity index (χ2v) is 5.35. The van der Waals surface area contributed by atoms with Gasteiger partial charge in [0.1, 0.15) is 17.5 Å². The molecule has 8 nitrogen and oxygen atoms in total. The summed E-state index contributed by atoms with van der Waals surface area (Å²) in [5.41, 5.74) is -1.26. The first kappa shape index (κ1) is 15.5. The number of rotatable bonds is 3. The highest BCUT2D eigenvalue weighted by Crippen LogP contribution is 2.23. The Morgan fingerprint density at radius 3 is 2.86 bits per heavy atom. The van der Waals surface area contributed by atoms with Crippen molar-refractivity contribution >= 4 is 11.8 Å². The van der Waals surface area contributed by atoms with Gasteiger partial charge < -0.3 is 25.0 Å². The van der Waals surface area contributed by atoms with Crippen LogP contribution in [0.2, 0.25) is 0 Å². The van der Waals surface area contributed by atoms with Crippen molar-refractivity contribution < 1.29 is 24.3 Å². The van der Waals surface area contributed by atoms with Crippen LogP contribution in [0.25, 0.3) is 0 Å². The maximum atomic E-state index is 12.2. The van der Waals surface area contributed by atoms with Crippen LogP contribution in [-0.4, -0.2) is 63.4 Å². The van der Waals surface area contributed by atoms with Crippen LogP contribution in [0.15, 0.2) is 10.6 Å². The number of aryl methyl sites for hydroxylation is 1. The molecule has 0 radical (unpaired) electrons.